The van der Waals surface area contributed by atoms with Crippen molar-refractivity contribution in [3.63, 3.8) is 0 Å². The Hall–Kier alpha value is -3.57. The van der Waals surface area contributed by atoms with E-state index in [1.54, 1.807) is 4.88 Å². The molecule has 3 saturated heterocycles. The molecule has 3 aromatic carbocycles. The van der Waals surface area contributed by atoms with Gasteiger partial charge in [-0.3, -0.25) is 0 Å². The Bertz CT molecular complexity index is 2220. The quantitative estimate of drug-likeness (QED) is 0.107. The lowest BCUT2D eigenvalue weighted by molar-refractivity contribution is 0.463. The third-order valence-electron chi connectivity index (χ3n) is 13.1. The Morgan fingerprint density at radius 3 is 1.27 bits per heavy atom. The van der Waals surface area contributed by atoms with Crippen LogP contribution in [-0.4, -0.2) is 54.2 Å². The molecule has 3 aliphatic rings. The zero-order valence-corrected chi connectivity index (χ0v) is 41.2. The molecular weight excluding hydrogens is 829 g/mol. The minimum atomic E-state index is 0.722. The van der Waals surface area contributed by atoms with Gasteiger partial charge in [0.15, 0.2) is 0 Å². The van der Waals surface area contributed by atoms with Gasteiger partial charge >= 0.3 is 0 Å². The first-order valence-corrected chi connectivity index (χ1v) is 26.6. The second kappa shape index (κ2) is 24.6. The van der Waals surface area contributed by atoms with E-state index in [1.807, 2.05) is 34.0 Å². The number of aromatic nitrogens is 3. The molecule has 0 spiro atoms. The number of piperidine rings is 3. The van der Waals surface area contributed by atoms with E-state index < -0.39 is 0 Å². The zero-order chi connectivity index (χ0) is 43.8. The van der Waals surface area contributed by atoms with Crippen molar-refractivity contribution < 1.29 is 0 Å². The number of nitrogens with one attached hydrogen (secondary N) is 3. The molecule has 3 aromatic heterocycles. The Morgan fingerprint density at radius 2 is 0.825 bits per heavy atom. The summed E-state index contributed by atoms with van der Waals surface area (Å²) in [6.45, 7) is 17.9. The van der Waals surface area contributed by atoms with Crippen molar-refractivity contribution in [2.75, 3.05) is 39.3 Å². The molecule has 0 saturated carbocycles. The molecular formula is C54H72N6S3. The highest BCUT2D eigenvalue weighted by atomic mass is 32.1. The molecule has 0 radical (unpaired) electrons. The Balaban J connectivity index is 0.000000142. The van der Waals surface area contributed by atoms with Crippen molar-refractivity contribution >= 4 is 34.0 Å². The Labute approximate surface area is 391 Å². The van der Waals surface area contributed by atoms with E-state index in [1.165, 1.54) is 108 Å². The fraction of sp³-hybridized carbons (Fsp3) is 0.500. The summed E-state index contributed by atoms with van der Waals surface area (Å²) in [4.78, 5) is 19.0. The maximum Gasteiger partial charge on any atom is 0.0975 e. The average molecular weight is 901 g/mol. The van der Waals surface area contributed by atoms with E-state index >= 15 is 0 Å². The minimum Gasteiger partial charge on any atom is -0.317 e. The zero-order valence-electron chi connectivity index (χ0n) is 38.7. The van der Waals surface area contributed by atoms with Crippen molar-refractivity contribution in [2.45, 2.75) is 136 Å². The first-order valence-electron chi connectivity index (χ1n) is 24.2. The van der Waals surface area contributed by atoms with Crippen LogP contribution in [-0.2, 0) is 44.9 Å². The van der Waals surface area contributed by atoms with Crippen LogP contribution in [0, 0.1) is 6.92 Å². The molecule has 0 unspecified atom stereocenters. The molecule has 6 nitrogen and oxygen atoms in total. The minimum absolute atomic E-state index is 0.722. The molecule has 9 heteroatoms. The van der Waals surface area contributed by atoms with E-state index in [-0.39, 0.29) is 0 Å². The molecule has 0 bridgehead atoms. The molecule has 336 valence electrons. The van der Waals surface area contributed by atoms with Gasteiger partial charge in [-0.2, -0.15) is 0 Å². The first kappa shape index (κ1) is 47.4. The highest BCUT2D eigenvalue weighted by Crippen LogP contribution is 2.35. The van der Waals surface area contributed by atoms with Crippen LogP contribution < -0.4 is 16.0 Å². The first-order chi connectivity index (χ1) is 30.9. The molecule has 0 amide bonds. The number of thiazole rings is 3. The fourth-order valence-corrected chi connectivity index (χ4v) is 12.8. The Morgan fingerprint density at radius 1 is 0.444 bits per heavy atom. The van der Waals surface area contributed by atoms with Gasteiger partial charge in [-0.05, 0) is 162 Å². The van der Waals surface area contributed by atoms with Gasteiger partial charge in [-0.1, -0.05) is 100 Å². The van der Waals surface area contributed by atoms with Crippen LogP contribution in [0.25, 0.3) is 0 Å². The van der Waals surface area contributed by atoms with Crippen LogP contribution in [0.15, 0.2) is 79.0 Å². The molecule has 3 N–H and O–H groups in total. The second-order valence-electron chi connectivity index (χ2n) is 17.6. The summed E-state index contributed by atoms with van der Waals surface area (Å²) in [7, 11) is 0. The van der Waals surface area contributed by atoms with Crippen LogP contribution >= 0.6 is 34.0 Å². The summed E-state index contributed by atoms with van der Waals surface area (Å²) in [5, 5.41) is 14.1. The van der Waals surface area contributed by atoms with E-state index in [4.69, 9.17) is 9.97 Å². The number of hydrogen-bond donors (Lipinski definition) is 3. The lowest BCUT2D eigenvalue weighted by Gasteiger charge is -2.22. The standard InChI is InChI=1S/C19H26N2S.C18H24N2S.C17H22N2S/c1-3-14-5-7-15(8-6-14)13-18-21-17(4-2)19(22-18)16-9-11-20-12-10-16;1-3-14-4-6-15(7-5-14)12-17-20-13(2)18(21-17)16-8-10-19-11-9-16;1-2-13-3-5-14(6-4-13)11-17-19-12-16(20-17)15-7-9-18-10-8-15/h5-8,16,20H,3-4,9-13H2,1-2H3;4-7,16,19H,3,8-12H2,1-2H3;3-6,12,15,18H,2,7-11H2,1H3. The topological polar surface area (TPSA) is 74.8 Å². The fourth-order valence-electron chi connectivity index (χ4n) is 9.05. The van der Waals surface area contributed by atoms with Crippen molar-refractivity contribution in [3.05, 3.63) is 153 Å². The molecule has 0 atom stereocenters. The van der Waals surface area contributed by atoms with Gasteiger partial charge in [0.2, 0.25) is 0 Å². The van der Waals surface area contributed by atoms with Crippen molar-refractivity contribution in [3.8, 4) is 0 Å². The van der Waals surface area contributed by atoms with Gasteiger partial charge < -0.3 is 16.0 Å². The largest absolute Gasteiger partial charge is 0.317 e. The van der Waals surface area contributed by atoms with Crippen LogP contribution in [0.2, 0.25) is 0 Å². The van der Waals surface area contributed by atoms with Gasteiger partial charge in [-0.25, -0.2) is 15.0 Å². The predicted octanol–water partition coefficient (Wildman–Crippen LogP) is 12.2. The third-order valence-corrected chi connectivity index (χ3v) is 16.8. The van der Waals surface area contributed by atoms with Gasteiger partial charge in [0.25, 0.3) is 0 Å². The highest BCUT2D eigenvalue weighted by molar-refractivity contribution is 7.12. The lowest BCUT2D eigenvalue weighted by Crippen LogP contribution is -2.26. The molecule has 63 heavy (non-hydrogen) atoms. The summed E-state index contributed by atoms with van der Waals surface area (Å²) in [5.74, 6) is 2.18. The monoisotopic (exact) mass is 900 g/mol. The normalized spacial score (nSPS) is 16.3. The maximum absolute atomic E-state index is 4.94. The Kier molecular flexibility index (Phi) is 18.5. The molecule has 0 aliphatic carbocycles. The molecule has 6 heterocycles. The van der Waals surface area contributed by atoms with E-state index in [0.29, 0.717) is 0 Å². The van der Waals surface area contributed by atoms with Crippen molar-refractivity contribution in [1.82, 2.24) is 30.9 Å². The van der Waals surface area contributed by atoms with Crippen LogP contribution in [0.5, 0.6) is 0 Å². The van der Waals surface area contributed by atoms with Crippen molar-refractivity contribution in [2.24, 2.45) is 0 Å². The van der Waals surface area contributed by atoms with Crippen LogP contribution in [0.1, 0.15) is 158 Å². The van der Waals surface area contributed by atoms with Gasteiger partial charge in [-0.15, -0.1) is 34.0 Å². The lowest BCUT2D eigenvalue weighted by atomic mass is 9.95. The van der Waals surface area contributed by atoms with Crippen LogP contribution in [0.4, 0.5) is 0 Å². The summed E-state index contributed by atoms with van der Waals surface area (Å²) >= 11 is 5.79. The highest BCUT2D eigenvalue weighted by Gasteiger charge is 2.23. The number of hydrogen-bond acceptors (Lipinski definition) is 9. The van der Waals surface area contributed by atoms with Gasteiger partial charge in [0.05, 0.1) is 26.4 Å². The number of benzene rings is 3. The smallest absolute Gasteiger partial charge is 0.0975 e. The number of rotatable bonds is 13. The second-order valence-corrected chi connectivity index (χ2v) is 21.0. The third kappa shape index (κ3) is 14.0. The van der Waals surface area contributed by atoms with Gasteiger partial charge in [0.1, 0.15) is 0 Å². The summed E-state index contributed by atoms with van der Waals surface area (Å²) in [6, 6.07) is 26.9. The summed E-state index contributed by atoms with van der Waals surface area (Å²) in [6.07, 6.45) is 17.0. The van der Waals surface area contributed by atoms with E-state index in [2.05, 4.69) is 135 Å². The maximum atomic E-state index is 4.94. The summed E-state index contributed by atoms with van der Waals surface area (Å²) < 4.78 is 0. The SMILES string of the molecule is CCc1ccc(Cc2nc(C)c(C3CCNCC3)s2)cc1.CCc1ccc(Cc2nc(CC)c(C3CCNCC3)s2)cc1.CCc1ccc(Cc2ncc(C3CCNCC3)s2)cc1. The summed E-state index contributed by atoms with van der Waals surface area (Å²) in [5.41, 5.74) is 10.9. The average Bonchev–Trinajstić information content (AvgIpc) is 4.09. The molecule has 3 aliphatic heterocycles. The van der Waals surface area contributed by atoms with Crippen molar-refractivity contribution in [1.29, 1.82) is 0 Å². The number of nitrogens with zero attached hydrogens (tertiary/aromatic N) is 3. The number of aryl methyl sites for hydroxylation is 5. The molecule has 9 rings (SSSR count). The van der Waals surface area contributed by atoms with E-state index in [0.717, 1.165) is 102 Å². The molecule has 6 aromatic rings. The van der Waals surface area contributed by atoms with E-state index in [9.17, 15) is 0 Å². The van der Waals surface area contributed by atoms with Crippen LogP contribution in [0.3, 0.4) is 0 Å². The van der Waals surface area contributed by atoms with Gasteiger partial charge in [0, 0.05) is 40.1 Å². The molecule has 3 fully saturated rings. The predicted molar refractivity (Wildman–Crippen MR) is 271 cm³/mol.